The van der Waals surface area contributed by atoms with Crippen LogP contribution in [0.15, 0.2) is 46.8 Å². The number of benzene rings is 2. The standard InChI is InChI=1S/C23H22ClN3O2S/c1-14-17(24)7-4-8-18(14)26-23-27(16-5-2-3-6-16)20(13-30-23)15-9-10-21-19(11-15)25-22(28)12-29-21/h4,7-11,13,16H,2-3,5-6,12H2,1H3,(H,25,28). The van der Waals surface area contributed by atoms with Gasteiger partial charge in [0, 0.05) is 22.0 Å². The van der Waals surface area contributed by atoms with Crippen molar-refractivity contribution in [2.45, 2.75) is 38.6 Å². The summed E-state index contributed by atoms with van der Waals surface area (Å²) >= 11 is 7.96. The number of carbonyl (C=O) groups is 1. The second kappa shape index (κ2) is 7.93. The van der Waals surface area contributed by atoms with Crippen LogP contribution in [0.2, 0.25) is 5.02 Å². The largest absolute Gasteiger partial charge is 0.482 e. The maximum Gasteiger partial charge on any atom is 0.262 e. The van der Waals surface area contributed by atoms with Crippen LogP contribution in [0.1, 0.15) is 37.3 Å². The molecule has 0 bridgehead atoms. The number of ether oxygens (including phenoxy) is 1. The van der Waals surface area contributed by atoms with E-state index in [-0.39, 0.29) is 12.5 Å². The molecule has 0 atom stereocenters. The Hall–Kier alpha value is -2.57. The first-order valence-electron chi connectivity index (χ1n) is 10.2. The number of amides is 1. The Labute approximate surface area is 184 Å². The smallest absolute Gasteiger partial charge is 0.262 e. The topological polar surface area (TPSA) is 55.6 Å². The molecule has 1 saturated carbocycles. The number of hydrogen-bond acceptors (Lipinski definition) is 4. The highest BCUT2D eigenvalue weighted by Crippen LogP contribution is 2.37. The number of fused-ring (bicyclic) bond motifs is 1. The molecule has 7 heteroatoms. The van der Waals surface area contributed by atoms with Crippen molar-refractivity contribution in [1.29, 1.82) is 0 Å². The molecule has 0 unspecified atom stereocenters. The van der Waals surface area contributed by atoms with Crippen LogP contribution < -0.4 is 14.9 Å². The van der Waals surface area contributed by atoms with Gasteiger partial charge in [0.15, 0.2) is 11.4 Å². The highest BCUT2D eigenvalue weighted by Gasteiger charge is 2.23. The van der Waals surface area contributed by atoms with Crippen molar-refractivity contribution in [3.63, 3.8) is 0 Å². The van der Waals surface area contributed by atoms with Crippen LogP contribution >= 0.6 is 22.9 Å². The molecule has 1 aromatic heterocycles. The summed E-state index contributed by atoms with van der Waals surface area (Å²) in [6, 6.07) is 12.2. The molecule has 30 heavy (non-hydrogen) atoms. The minimum atomic E-state index is -0.124. The van der Waals surface area contributed by atoms with Crippen molar-refractivity contribution >= 4 is 40.2 Å². The van der Waals surface area contributed by atoms with Gasteiger partial charge in [0.1, 0.15) is 5.75 Å². The number of thiazole rings is 1. The van der Waals surface area contributed by atoms with Crippen LogP contribution in [0, 0.1) is 6.92 Å². The summed E-state index contributed by atoms with van der Waals surface area (Å²) in [7, 11) is 0. The van der Waals surface area contributed by atoms with Gasteiger partial charge in [-0.1, -0.05) is 30.5 Å². The third-order valence-electron chi connectivity index (χ3n) is 5.79. The summed E-state index contributed by atoms with van der Waals surface area (Å²) < 4.78 is 7.88. The molecular formula is C23H22ClN3O2S. The normalized spacial score (nSPS) is 17.0. The Kier molecular flexibility index (Phi) is 5.13. The van der Waals surface area contributed by atoms with E-state index >= 15 is 0 Å². The monoisotopic (exact) mass is 439 g/mol. The van der Waals surface area contributed by atoms with Crippen molar-refractivity contribution in [3.05, 3.63) is 57.2 Å². The van der Waals surface area contributed by atoms with Crippen molar-refractivity contribution < 1.29 is 9.53 Å². The molecule has 1 N–H and O–H groups in total. The van der Waals surface area contributed by atoms with Crippen LogP contribution in [-0.4, -0.2) is 17.1 Å². The Balaban J connectivity index is 1.65. The average molecular weight is 440 g/mol. The summed E-state index contributed by atoms with van der Waals surface area (Å²) in [5, 5.41) is 5.80. The number of nitrogens with zero attached hydrogens (tertiary/aromatic N) is 2. The lowest BCUT2D eigenvalue weighted by atomic mass is 10.1. The summed E-state index contributed by atoms with van der Waals surface area (Å²) in [6.07, 6.45) is 4.76. The highest BCUT2D eigenvalue weighted by molar-refractivity contribution is 7.07. The van der Waals surface area contributed by atoms with E-state index in [9.17, 15) is 4.79 Å². The van der Waals surface area contributed by atoms with E-state index in [1.54, 1.807) is 11.3 Å². The maximum absolute atomic E-state index is 11.8. The number of anilines is 1. The van der Waals surface area contributed by atoms with Gasteiger partial charge >= 0.3 is 0 Å². The fourth-order valence-electron chi connectivity index (χ4n) is 4.19. The molecule has 1 amide bonds. The van der Waals surface area contributed by atoms with Gasteiger partial charge < -0.3 is 14.6 Å². The molecule has 0 radical (unpaired) electrons. The molecule has 5 rings (SSSR count). The quantitative estimate of drug-likeness (QED) is 0.555. The number of halogens is 1. The van der Waals surface area contributed by atoms with Gasteiger partial charge in [0.2, 0.25) is 0 Å². The molecule has 0 saturated heterocycles. The molecule has 0 spiro atoms. The number of aromatic nitrogens is 1. The predicted octanol–water partition coefficient (Wildman–Crippen LogP) is 5.86. The summed E-state index contributed by atoms with van der Waals surface area (Å²) in [5.74, 6) is 0.584. The van der Waals surface area contributed by atoms with E-state index < -0.39 is 0 Å². The molecule has 2 aliphatic rings. The Bertz CT molecular complexity index is 1190. The van der Waals surface area contributed by atoms with E-state index in [0.29, 0.717) is 11.8 Å². The molecule has 2 aromatic carbocycles. The zero-order valence-electron chi connectivity index (χ0n) is 16.7. The van der Waals surface area contributed by atoms with Crippen LogP contribution in [0.5, 0.6) is 5.75 Å². The number of nitrogens with one attached hydrogen (secondary N) is 1. The lowest BCUT2D eigenvalue weighted by Crippen LogP contribution is -2.25. The Morgan fingerprint density at radius 3 is 2.90 bits per heavy atom. The van der Waals surface area contributed by atoms with Gasteiger partial charge in [-0.2, -0.15) is 0 Å². The first-order chi connectivity index (χ1) is 14.6. The zero-order chi connectivity index (χ0) is 20.7. The molecule has 1 aliphatic heterocycles. The van der Waals surface area contributed by atoms with Gasteiger partial charge in [-0.25, -0.2) is 4.99 Å². The third-order valence-corrected chi connectivity index (χ3v) is 7.04. The Morgan fingerprint density at radius 1 is 1.23 bits per heavy atom. The van der Waals surface area contributed by atoms with Gasteiger partial charge in [-0.05, 0) is 55.7 Å². The summed E-state index contributed by atoms with van der Waals surface area (Å²) in [5.41, 5.74) is 4.77. The average Bonchev–Trinajstić information content (AvgIpc) is 3.40. The predicted molar refractivity (Wildman–Crippen MR) is 121 cm³/mol. The minimum Gasteiger partial charge on any atom is -0.482 e. The Morgan fingerprint density at radius 2 is 2.07 bits per heavy atom. The zero-order valence-corrected chi connectivity index (χ0v) is 18.2. The van der Waals surface area contributed by atoms with E-state index in [2.05, 4.69) is 21.3 Å². The van der Waals surface area contributed by atoms with Crippen molar-refractivity contribution in [2.75, 3.05) is 11.9 Å². The van der Waals surface area contributed by atoms with E-state index in [1.807, 2.05) is 37.3 Å². The minimum absolute atomic E-state index is 0.0644. The van der Waals surface area contributed by atoms with E-state index in [0.717, 1.165) is 50.9 Å². The van der Waals surface area contributed by atoms with Crippen molar-refractivity contribution in [2.24, 2.45) is 4.99 Å². The first kappa shape index (κ1) is 19.4. The number of carbonyl (C=O) groups excluding carboxylic acids is 1. The fraction of sp³-hybridized carbons (Fsp3) is 0.304. The van der Waals surface area contributed by atoms with Gasteiger partial charge in [-0.15, -0.1) is 11.3 Å². The SMILES string of the molecule is Cc1c(Cl)cccc1N=c1scc(-c2ccc3c(c2)NC(=O)CO3)n1C1CCCC1. The first-order valence-corrected chi connectivity index (χ1v) is 11.4. The van der Waals surface area contributed by atoms with E-state index in [1.165, 1.54) is 12.8 Å². The lowest BCUT2D eigenvalue weighted by Gasteiger charge is -2.20. The molecule has 3 aromatic rings. The molecule has 5 nitrogen and oxygen atoms in total. The molecule has 2 heterocycles. The molecular weight excluding hydrogens is 418 g/mol. The van der Waals surface area contributed by atoms with Crippen LogP contribution in [0.4, 0.5) is 11.4 Å². The van der Waals surface area contributed by atoms with Crippen molar-refractivity contribution in [1.82, 2.24) is 4.57 Å². The van der Waals surface area contributed by atoms with Crippen LogP contribution in [0.25, 0.3) is 11.3 Å². The lowest BCUT2D eigenvalue weighted by molar-refractivity contribution is -0.118. The van der Waals surface area contributed by atoms with Gasteiger partial charge in [0.05, 0.1) is 17.1 Å². The second-order valence-corrected chi connectivity index (χ2v) is 9.00. The van der Waals surface area contributed by atoms with Crippen molar-refractivity contribution in [3.8, 4) is 17.0 Å². The number of hydrogen-bond donors (Lipinski definition) is 1. The maximum atomic E-state index is 11.8. The fourth-order valence-corrected chi connectivity index (χ4v) is 5.34. The molecule has 1 fully saturated rings. The molecule has 154 valence electrons. The summed E-state index contributed by atoms with van der Waals surface area (Å²) in [4.78, 5) is 17.7. The third kappa shape index (κ3) is 3.55. The summed E-state index contributed by atoms with van der Waals surface area (Å²) in [6.45, 7) is 2.07. The van der Waals surface area contributed by atoms with Crippen LogP contribution in [0.3, 0.4) is 0 Å². The molecule has 1 aliphatic carbocycles. The number of rotatable bonds is 3. The van der Waals surface area contributed by atoms with E-state index in [4.69, 9.17) is 21.3 Å². The van der Waals surface area contributed by atoms with Gasteiger partial charge in [-0.3, -0.25) is 4.79 Å². The highest BCUT2D eigenvalue weighted by atomic mass is 35.5. The van der Waals surface area contributed by atoms with Gasteiger partial charge in [0.25, 0.3) is 5.91 Å². The van der Waals surface area contributed by atoms with Crippen LogP contribution in [-0.2, 0) is 4.79 Å². The second-order valence-electron chi connectivity index (χ2n) is 7.76.